The summed E-state index contributed by atoms with van der Waals surface area (Å²) in [6.07, 6.45) is 2.62. The summed E-state index contributed by atoms with van der Waals surface area (Å²) in [7, 11) is 0. The van der Waals surface area contributed by atoms with Gasteiger partial charge in [0, 0.05) is 11.6 Å². The molecule has 0 aliphatic heterocycles. The van der Waals surface area contributed by atoms with E-state index in [9.17, 15) is 22.4 Å². The first-order chi connectivity index (χ1) is 16.4. The van der Waals surface area contributed by atoms with Crippen LogP contribution in [-0.4, -0.2) is 10.9 Å². The monoisotopic (exact) mass is 466 g/mol. The van der Waals surface area contributed by atoms with Gasteiger partial charge in [0.15, 0.2) is 11.6 Å². The third-order valence-electron chi connectivity index (χ3n) is 5.99. The summed E-state index contributed by atoms with van der Waals surface area (Å²) in [5.74, 6) is -3.52. The number of ether oxygens (including phenoxy) is 1. The molecule has 1 aliphatic rings. The number of para-hydroxylation sites is 1. The summed E-state index contributed by atoms with van der Waals surface area (Å²) in [5.41, 5.74) is 0.174. The zero-order valence-corrected chi connectivity index (χ0v) is 17.7. The van der Waals surface area contributed by atoms with Gasteiger partial charge in [0.1, 0.15) is 29.5 Å². The average Bonchev–Trinajstić information content (AvgIpc) is 3.60. The number of pyridine rings is 1. The molecule has 1 aliphatic carbocycles. The topological polar surface area (TPSA) is 51.2 Å². The Morgan fingerprint density at radius 3 is 2.35 bits per heavy atom. The number of fused-ring (bicyclic) bond motifs is 1. The first kappa shape index (κ1) is 21.9. The van der Waals surface area contributed by atoms with Crippen molar-refractivity contribution >= 4 is 16.8 Å². The van der Waals surface area contributed by atoms with Gasteiger partial charge in [0.05, 0.1) is 16.7 Å². The van der Waals surface area contributed by atoms with Crippen molar-refractivity contribution < 1.29 is 27.1 Å². The molecule has 34 heavy (non-hydrogen) atoms. The molecule has 1 amide bonds. The first-order valence-electron chi connectivity index (χ1n) is 10.6. The highest BCUT2D eigenvalue weighted by Gasteiger charge is 2.46. The summed E-state index contributed by atoms with van der Waals surface area (Å²) in [6, 6.07) is 13.6. The lowest BCUT2D eigenvalue weighted by molar-refractivity contribution is 0.0932. The SMILES string of the molecule is O=C(NC1(c2ccc(F)c(F)c2)CC1)c1ccnc2c(OCc3c(F)cccc3F)cccc12. The summed E-state index contributed by atoms with van der Waals surface area (Å²) >= 11 is 0. The summed E-state index contributed by atoms with van der Waals surface area (Å²) in [6.45, 7) is -0.352. The second-order valence-electron chi connectivity index (χ2n) is 8.16. The van der Waals surface area contributed by atoms with E-state index in [1.807, 2.05) is 0 Å². The van der Waals surface area contributed by atoms with Gasteiger partial charge in [-0.25, -0.2) is 17.6 Å². The molecule has 0 bridgehead atoms. The maximum atomic E-state index is 14.0. The lowest BCUT2D eigenvalue weighted by Crippen LogP contribution is -2.35. The van der Waals surface area contributed by atoms with Crippen LogP contribution in [0.1, 0.15) is 34.3 Å². The number of nitrogens with zero attached hydrogens (tertiary/aromatic N) is 1. The molecule has 4 aromatic rings. The third-order valence-corrected chi connectivity index (χ3v) is 5.99. The number of carbonyl (C=O) groups excluding carboxylic acids is 1. The van der Waals surface area contributed by atoms with Gasteiger partial charge in [0.25, 0.3) is 5.91 Å². The normalized spacial score (nSPS) is 14.1. The molecule has 1 fully saturated rings. The van der Waals surface area contributed by atoms with Crippen molar-refractivity contribution in [2.24, 2.45) is 0 Å². The fraction of sp³-hybridized carbons (Fsp3) is 0.154. The van der Waals surface area contributed by atoms with Crippen LogP contribution >= 0.6 is 0 Å². The van der Waals surface area contributed by atoms with E-state index in [4.69, 9.17) is 4.74 Å². The van der Waals surface area contributed by atoms with Gasteiger partial charge < -0.3 is 10.1 Å². The number of hydrogen-bond donors (Lipinski definition) is 1. The number of aromatic nitrogens is 1. The van der Waals surface area contributed by atoms with Crippen molar-refractivity contribution in [3.63, 3.8) is 0 Å². The van der Waals surface area contributed by atoms with Crippen LogP contribution in [0.15, 0.2) is 66.9 Å². The van der Waals surface area contributed by atoms with Gasteiger partial charge in [-0.2, -0.15) is 0 Å². The predicted octanol–water partition coefficient (Wildman–Crippen LogP) is 5.79. The zero-order valence-electron chi connectivity index (χ0n) is 17.7. The van der Waals surface area contributed by atoms with E-state index in [1.54, 1.807) is 24.3 Å². The molecule has 172 valence electrons. The molecule has 0 saturated heterocycles. The smallest absolute Gasteiger partial charge is 0.252 e. The quantitative estimate of drug-likeness (QED) is 0.366. The maximum absolute atomic E-state index is 14.0. The lowest BCUT2D eigenvalue weighted by atomic mass is 10.0. The van der Waals surface area contributed by atoms with Crippen LogP contribution in [0, 0.1) is 23.3 Å². The second kappa shape index (κ2) is 8.44. The predicted molar refractivity (Wildman–Crippen MR) is 117 cm³/mol. The largest absolute Gasteiger partial charge is 0.486 e. The first-order valence-corrected chi connectivity index (χ1v) is 10.6. The van der Waals surface area contributed by atoms with Crippen molar-refractivity contribution in [3.05, 3.63) is 107 Å². The Morgan fingerprint density at radius 1 is 0.912 bits per heavy atom. The van der Waals surface area contributed by atoms with Crippen LogP contribution in [0.2, 0.25) is 0 Å². The second-order valence-corrected chi connectivity index (χ2v) is 8.16. The number of benzene rings is 3. The van der Waals surface area contributed by atoms with Crippen molar-refractivity contribution in [1.82, 2.24) is 10.3 Å². The summed E-state index contributed by atoms with van der Waals surface area (Å²) in [5, 5.41) is 3.41. The molecule has 4 nitrogen and oxygen atoms in total. The maximum Gasteiger partial charge on any atom is 0.252 e. The molecule has 0 radical (unpaired) electrons. The van der Waals surface area contributed by atoms with E-state index < -0.39 is 34.7 Å². The lowest BCUT2D eigenvalue weighted by Gasteiger charge is -2.19. The van der Waals surface area contributed by atoms with E-state index >= 15 is 0 Å². The molecule has 0 atom stereocenters. The minimum absolute atomic E-state index is 0.212. The van der Waals surface area contributed by atoms with Crippen LogP contribution in [0.3, 0.4) is 0 Å². The Bertz CT molecular complexity index is 1400. The standard InChI is InChI=1S/C26H18F4N2O2/c27-19-4-2-5-20(28)18(19)14-34-23-6-1-3-16-17(9-12-31-24(16)23)25(33)32-26(10-11-26)15-7-8-21(29)22(30)13-15/h1-9,12-13H,10-11,14H2,(H,32,33). The molecular formula is C26H18F4N2O2. The van der Waals surface area contributed by atoms with E-state index in [-0.39, 0.29) is 17.9 Å². The number of carbonyl (C=O) groups is 1. The zero-order chi connectivity index (χ0) is 23.9. The van der Waals surface area contributed by atoms with E-state index in [0.29, 0.717) is 34.9 Å². The number of amides is 1. The van der Waals surface area contributed by atoms with E-state index in [1.165, 1.54) is 18.3 Å². The van der Waals surface area contributed by atoms with Gasteiger partial charge in [-0.15, -0.1) is 0 Å². The number of hydrogen-bond acceptors (Lipinski definition) is 3. The van der Waals surface area contributed by atoms with Gasteiger partial charge >= 0.3 is 0 Å². The number of rotatable bonds is 6. The molecular weight excluding hydrogens is 448 g/mol. The highest BCUT2D eigenvalue weighted by Crippen LogP contribution is 2.46. The fourth-order valence-corrected chi connectivity index (χ4v) is 3.97. The Kier molecular flexibility index (Phi) is 5.43. The van der Waals surface area contributed by atoms with Crippen LogP contribution in [-0.2, 0) is 12.1 Å². The van der Waals surface area contributed by atoms with Gasteiger partial charge in [0.2, 0.25) is 0 Å². The molecule has 1 aromatic heterocycles. The van der Waals surface area contributed by atoms with E-state index in [2.05, 4.69) is 10.3 Å². The molecule has 8 heteroatoms. The van der Waals surface area contributed by atoms with Crippen molar-refractivity contribution in [2.75, 3.05) is 0 Å². The minimum Gasteiger partial charge on any atom is -0.486 e. The molecule has 5 rings (SSSR count). The highest BCUT2D eigenvalue weighted by molar-refractivity contribution is 6.07. The van der Waals surface area contributed by atoms with Crippen LogP contribution in [0.4, 0.5) is 17.6 Å². The van der Waals surface area contributed by atoms with Gasteiger partial charge in [-0.3, -0.25) is 9.78 Å². The van der Waals surface area contributed by atoms with Crippen LogP contribution in [0.25, 0.3) is 10.9 Å². The van der Waals surface area contributed by atoms with Crippen LogP contribution in [0.5, 0.6) is 5.75 Å². The molecule has 1 heterocycles. The molecule has 3 aromatic carbocycles. The Morgan fingerprint density at radius 2 is 1.65 bits per heavy atom. The van der Waals surface area contributed by atoms with Gasteiger partial charge in [-0.05, 0) is 54.8 Å². The summed E-state index contributed by atoms with van der Waals surface area (Å²) < 4.78 is 60.6. The van der Waals surface area contributed by atoms with E-state index in [0.717, 1.165) is 24.3 Å². The van der Waals surface area contributed by atoms with Crippen LogP contribution < -0.4 is 10.1 Å². The average molecular weight is 466 g/mol. The van der Waals surface area contributed by atoms with Crippen molar-refractivity contribution in [2.45, 2.75) is 25.0 Å². The van der Waals surface area contributed by atoms with Crippen molar-refractivity contribution in [3.8, 4) is 5.75 Å². The highest BCUT2D eigenvalue weighted by atomic mass is 19.2. The van der Waals surface area contributed by atoms with Crippen molar-refractivity contribution in [1.29, 1.82) is 0 Å². The summed E-state index contributed by atoms with van der Waals surface area (Å²) in [4.78, 5) is 17.5. The molecule has 1 saturated carbocycles. The number of halogens is 4. The molecule has 0 spiro atoms. The fourth-order valence-electron chi connectivity index (χ4n) is 3.97. The van der Waals surface area contributed by atoms with Gasteiger partial charge in [-0.1, -0.05) is 24.3 Å². The third kappa shape index (κ3) is 3.96. The Hall–Kier alpha value is -3.94. The Balaban J connectivity index is 1.42. The minimum atomic E-state index is -0.972. The number of nitrogens with one attached hydrogen (secondary N) is 1. The Labute approximate surface area is 192 Å². The molecule has 1 N–H and O–H groups in total. The molecule has 0 unspecified atom stereocenters.